The van der Waals surface area contributed by atoms with E-state index in [0.717, 1.165) is 36.5 Å². The van der Waals surface area contributed by atoms with Crippen molar-refractivity contribution in [3.63, 3.8) is 0 Å². The Morgan fingerprint density at radius 2 is 1.89 bits per heavy atom. The number of rotatable bonds is 5. The van der Waals surface area contributed by atoms with Crippen LogP contribution >= 0.6 is 0 Å². The van der Waals surface area contributed by atoms with Gasteiger partial charge in [-0.2, -0.15) is 0 Å². The van der Waals surface area contributed by atoms with Gasteiger partial charge in [-0.1, -0.05) is 40.0 Å². The van der Waals surface area contributed by atoms with Crippen LogP contribution in [-0.4, -0.2) is 5.78 Å². The number of fused-ring (bicyclic) bond motifs is 1. The summed E-state index contributed by atoms with van der Waals surface area (Å²) in [6, 6.07) is 0. The Bertz CT molecular complexity index is 281. The third-order valence-corrected chi connectivity index (χ3v) is 5.42. The zero-order valence-corrected chi connectivity index (χ0v) is 12.5. The van der Waals surface area contributed by atoms with Gasteiger partial charge in [-0.05, 0) is 49.4 Å². The van der Waals surface area contributed by atoms with Gasteiger partial charge < -0.3 is 0 Å². The number of hydrogen-bond donors (Lipinski definition) is 0. The first-order chi connectivity index (χ1) is 8.59. The van der Waals surface area contributed by atoms with Crippen LogP contribution in [0.25, 0.3) is 0 Å². The number of carbonyl (C=O) groups excluding carboxylic acids is 1. The molecule has 2 saturated carbocycles. The van der Waals surface area contributed by atoms with Crippen molar-refractivity contribution in [1.82, 2.24) is 0 Å². The first-order valence-corrected chi connectivity index (χ1v) is 8.12. The van der Waals surface area contributed by atoms with Gasteiger partial charge in [-0.3, -0.25) is 4.79 Å². The fourth-order valence-electron chi connectivity index (χ4n) is 4.38. The van der Waals surface area contributed by atoms with Crippen LogP contribution in [0.4, 0.5) is 0 Å². The summed E-state index contributed by atoms with van der Waals surface area (Å²) in [4.78, 5) is 11.9. The minimum absolute atomic E-state index is 0.455. The topological polar surface area (TPSA) is 17.1 Å². The minimum atomic E-state index is 0.455. The second kappa shape index (κ2) is 6.21. The van der Waals surface area contributed by atoms with E-state index < -0.39 is 0 Å². The summed E-state index contributed by atoms with van der Waals surface area (Å²) in [5.41, 5.74) is 0. The molecule has 1 nitrogen and oxygen atoms in total. The molecule has 0 N–H and O–H groups in total. The highest BCUT2D eigenvalue weighted by atomic mass is 16.1. The maximum atomic E-state index is 11.9. The lowest BCUT2D eigenvalue weighted by Crippen LogP contribution is -2.29. The average Bonchev–Trinajstić information content (AvgIpc) is 2.73. The molecule has 2 aliphatic rings. The summed E-state index contributed by atoms with van der Waals surface area (Å²) >= 11 is 0. The van der Waals surface area contributed by atoms with E-state index in [-0.39, 0.29) is 0 Å². The fourth-order valence-corrected chi connectivity index (χ4v) is 4.38. The standard InChI is InChI=1S/C17H30O/c1-12(2)6-4-7-13(3)14-10-11-16-15(14)8-5-9-17(16)18/h12-16H,4-11H2,1-3H3/t13-,14+,15-,16+/m0/s1. The highest BCUT2D eigenvalue weighted by Crippen LogP contribution is 2.48. The molecule has 2 fully saturated rings. The lowest BCUT2D eigenvalue weighted by molar-refractivity contribution is -0.126. The highest BCUT2D eigenvalue weighted by Gasteiger charge is 2.43. The maximum absolute atomic E-state index is 11.9. The molecule has 18 heavy (non-hydrogen) atoms. The Labute approximate surface area is 113 Å². The van der Waals surface area contributed by atoms with Crippen LogP contribution in [0.15, 0.2) is 0 Å². The van der Waals surface area contributed by atoms with Crippen LogP contribution in [-0.2, 0) is 4.79 Å². The summed E-state index contributed by atoms with van der Waals surface area (Å²) in [7, 11) is 0. The van der Waals surface area contributed by atoms with Crippen molar-refractivity contribution < 1.29 is 4.79 Å². The molecule has 0 radical (unpaired) electrons. The Hall–Kier alpha value is -0.330. The normalized spacial score (nSPS) is 33.8. The molecular formula is C17H30O. The lowest BCUT2D eigenvalue weighted by Gasteiger charge is -2.31. The van der Waals surface area contributed by atoms with E-state index >= 15 is 0 Å². The van der Waals surface area contributed by atoms with Gasteiger partial charge >= 0.3 is 0 Å². The van der Waals surface area contributed by atoms with Gasteiger partial charge in [0.25, 0.3) is 0 Å². The summed E-state index contributed by atoms with van der Waals surface area (Å²) in [5.74, 6) is 4.32. The molecule has 4 atom stereocenters. The molecule has 104 valence electrons. The highest BCUT2D eigenvalue weighted by molar-refractivity contribution is 5.82. The molecule has 0 bridgehead atoms. The number of Topliss-reactive ketones (excluding diaryl/α,β-unsaturated/α-hetero) is 1. The molecule has 0 amide bonds. The first kappa shape index (κ1) is 14.1. The van der Waals surface area contributed by atoms with Gasteiger partial charge in [-0.25, -0.2) is 0 Å². The predicted molar refractivity (Wildman–Crippen MR) is 76.4 cm³/mol. The predicted octanol–water partition coefficient (Wildman–Crippen LogP) is 4.84. The van der Waals surface area contributed by atoms with Crippen LogP contribution < -0.4 is 0 Å². The summed E-state index contributed by atoms with van der Waals surface area (Å²) in [5, 5.41) is 0. The van der Waals surface area contributed by atoms with Gasteiger partial charge in [-0.15, -0.1) is 0 Å². The fraction of sp³-hybridized carbons (Fsp3) is 0.941. The van der Waals surface area contributed by atoms with Crippen molar-refractivity contribution in [2.75, 3.05) is 0 Å². The van der Waals surface area contributed by atoms with Crippen molar-refractivity contribution in [1.29, 1.82) is 0 Å². The van der Waals surface area contributed by atoms with Gasteiger partial charge in [0.05, 0.1) is 0 Å². The third-order valence-electron chi connectivity index (χ3n) is 5.42. The van der Waals surface area contributed by atoms with Crippen LogP contribution in [0.1, 0.15) is 72.1 Å². The second-order valence-electron chi connectivity index (χ2n) is 7.17. The third kappa shape index (κ3) is 3.16. The molecule has 0 aromatic carbocycles. The average molecular weight is 250 g/mol. The van der Waals surface area contributed by atoms with E-state index in [9.17, 15) is 4.79 Å². The smallest absolute Gasteiger partial charge is 0.136 e. The molecular weight excluding hydrogens is 220 g/mol. The molecule has 2 rings (SSSR count). The molecule has 0 aliphatic heterocycles. The van der Waals surface area contributed by atoms with E-state index in [2.05, 4.69) is 20.8 Å². The SMILES string of the molecule is CC(C)CCC[C@H](C)[C@H]1CC[C@H]2C(=O)CCC[C@@H]12. The summed E-state index contributed by atoms with van der Waals surface area (Å²) in [6.45, 7) is 7.07. The molecule has 0 saturated heterocycles. The van der Waals surface area contributed by atoms with Crippen LogP contribution in [0.2, 0.25) is 0 Å². The van der Waals surface area contributed by atoms with Gasteiger partial charge in [0.2, 0.25) is 0 Å². The Kier molecular flexibility index (Phi) is 4.86. The Morgan fingerprint density at radius 1 is 1.11 bits per heavy atom. The number of carbonyl (C=O) groups is 1. The molecule has 0 aromatic heterocycles. The molecule has 0 unspecified atom stereocenters. The van der Waals surface area contributed by atoms with Gasteiger partial charge in [0.15, 0.2) is 0 Å². The second-order valence-corrected chi connectivity index (χ2v) is 7.17. The monoisotopic (exact) mass is 250 g/mol. The van der Waals surface area contributed by atoms with Crippen LogP contribution in [0.5, 0.6) is 0 Å². The molecule has 1 heteroatoms. The van der Waals surface area contributed by atoms with Crippen molar-refractivity contribution in [3.8, 4) is 0 Å². The van der Waals surface area contributed by atoms with Gasteiger partial charge in [0.1, 0.15) is 5.78 Å². The largest absolute Gasteiger partial charge is 0.299 e. The van der Waals surface area contributed by atoms with Crippen molar-refractivity contribution >= 4 is 5.78 Å². The molecule has 0 aromatic rings. The maximum Gasteiger partial charge on any atom is 0.136 e. The molecule has 2 aliphatic carbocycles. The van der Waals surface area contributed by atoms with E-state index in [1.807, 2.05) is 0 Å². The van der Waals surface area contributed by atoms with Crippen molar-refractivity contribution in [3.05, 3.63) is 0 Å². The summed E-state index contributed by atoms with van der Waals surface area (Å²) < 4.78 is 0. The zero-order chi connectivity index (χ0) is 13.1. The lowest BCUT2D eigenvalue weighted by atomic mass is 9.73. The van der Waals surface area contributed by atoms with E-state index in [0.29, 0.717) is 11.7 Å². The minimum Gasteiger partial charge on any atom is -0.299 e. The van der Waals surface area contributed by atoms with E-state index in [4.69, 9.17) is 0 Å². The number of ketones is 1. The molecule has 0 heterocycles. The van der Waals surface area contributed by atoms with Crippen LogP contribution in [0, 0.1) is 29.6 Å². The van der Waals surface area contributed by atoms with Crippen LogP contribution in [0.3, 0.4) is 0 Å². The Morgan fingerprint density at radius 3 is 2.61 bits per heavy atom. The van der Waals surface area contributed by atoms with Gasteiger partial charge in [0, 0.05) is 12.3 Å². The van der Waals surface area contributed by atoms with E-state index in [1.165, 1.54) is 38.5 Å². The Balaban J connectivity index is 1.83. The molecule has 0 spiro atoms. The van der Waals surface area contributed by atoms with Crippen molar-refractivity contribution in [2.24, 2.45) is 29.6 Å². The van der Waals surface area contributed by atoms with E-state index in [1.54, 1.807) is 0 Å². The van der Waals surface area contributed by atoms with Crippen molar-refractivity contribution in [2.45, 2.75) is 72.1 Å². The first-order valence-electron chi connectivity index (χ1n) is 8.12. The number of hydrogen-bond acceptors (Lipinski definition) is 1. The summed E-state index contributed by atoms with van der Waals surface area (Å²) in [6.07, 6.45) is 10.00. The quantitative estimate of drug-likeness (QED) is 0.682. The zero-order valence-electron chi connectivity index (χ0n) is 12.5.